The monoisotopic (exact) mass is 341 g/mol. The highest BCUT2D eigenvalue weighted by atomic mass is 35.5. The van der Waals surface area contributed by atoms with Crippen molar-refractivity contribution in [3.8, 4) is 0 Å². The highest BCUT2D eigenvalue weighted by molar-refractivity contribution is 6.42. The minimum atomic E-state index is -1.22. The Morgan fingerprint density at radius 2 is 1.87 bits per heavy atom. The minimum absolute atomic E-state index is 0.00968. The van der Waals surface area contributed by atoms with Gasteiger partial charge in [-0.2, -0.15) is 0 Å². The number of primary amides is 1. The maximum absolute atomic E-state index is 13.3. The van der Waals surface area contributed by atoms with E-state index in [4.69, 9.17) is 17.3 Å². The van der Waals surface area contributed by atoms with Crippen molar-refractivity contribution in [3.63, 3.8) is 0 Å². The number of aryl methyl sites for hydroxylation is 1. The molecule has 1 heterocycles. The summed E-state index contributed by atoms with van der Waals surface area (Å²) in [5.74, 6) is -5.26. The smallest absolute Gasteiger partial charge is 0.289 e. The van der Waals surface area contributed by atoms with Gasteiger partial charge in [-0.05, 0) is 12.1 Å². The molecular weight excluding hydrogens is 332 g/mol. The van der Waals surface area contributed by atoms with Crippen LogP contribution in [0.1, 0.15) is 20.8 Å². The summed E-state index contributed by atoms with van der Waals surface area (Å²) in [4.78, 5) is 34.5. The van der Waals surface area contributed by atoms with Crippen LogP contribution in [0.2, 0.25) is 5.02 Å². The summed E-state index contributed by atoms with van der Waals surface area (Å²) in [7, 11) is 1.46. The molecule has 0 fully saturated rings. The molecule has 0 aliphatic carbocycles. The van der Waals surface area contributed by atoms with Gasteiger partial charge in [-0.1, -0.05) is 11.6 Å². The number of carbonyl (C=O) groups excluding carboxylic acids is 3. The Kier molecular flexibility index (Phi) is 4.46. The lowest BCUT2D eigenvalue weighted by Crippen LogP contribution is -2.22. The number of nitrogens with one attached hydrogen (secondary N) is 1. The first-order valence-corrected chi connectivity index (χ1v) is 6.55. The molecule has 0 saturated heterocycles. The molecule has 6 nitrogen and oxygen atoms in total. The van der Waals surface area contributed by atoms with Crippen molar-refractivity contribution in [1.82, 2.24) is 4.57 Å². The first kappa shape index (κ1) is 16.6. The van der Waals surface area contributed by atoms with Gasteiger partial charge in [-0.25, -0.2) is 8.78 Å². The standard InChI is InChI=1S/C14H10ClF2N3O3/c1-20-5-6(12(21)13(18)22)2-10(20)14(23)19-7-3-8(15)11(17)9(16)4-7/h2-5H,1H3,(H2,18,22)(H,19,23). The number of rotatable bonds is 4. The van der Waals surface area contributed by atoms with Crippen molar-refractivity contribution in [1.29, 1.82) is 0 Å². The van der Waals surface area contributed by atoms with Gasteiger partial charge in [0.1, 0.15) is 5.69 Å². The average Bonchev–Trinajstić information content (AvgIpc) is 2.85. The van der Waals surface area contributed by atoms with Crippen LogP contribution in [0, 0.1) is 11.6 Å². The largest absolute Gasteiger partial charge is 0.363 e. The molecule has 23 heavy (non-hydrogen) atoms. The normalized spacial score (nSPS) is 10.4. The van der Waals surface area contributed by atoms with Crippen molar-refractivity contribution < 1.29 is 23.2 Å². The van der Waals surface area contributed by atoms with Crippen LogP contribution in [0.3, 0.4) is 0 Å². The van der Waals surface area contributed by atoms with Crippen molar-refractivity contribution >= 4 is 34.9 Å². The van der Waals surface area contributed by atoms with E-state index in [0.717, 1.165) is 18.2 Å². The second kappa shape index (κ2) is 6.17. The third-order valence-electron chi connectivity index (χ3n) is 2.97. The molecule has 0 spiro atoms. The van der Waals surface area contributed by atoms with E-state index in [-0.39, 0.29) is 16.9 Å². The number of benzene rings is 1. The number of aromatic nitrogens is 1. The zero-order valence-corrected chi connectivity index (χ0v) is 12.4. The molecule has 0 unspecified atom stereocenters. The van der Waals surface area contributed by atoms with Gasteiger partial charge in [0.15, 0.2) is 11.6 Å². The van der Waals surface area contributed by atoms with E-state index in [2.05, 4.69) is 5.32 Å². The van der Waals surface area contributed by atoms with Gasteiger partial charge in [0.05, 0.1) is 5.02 Å². The quantitative estimate of drug-likeness (QED) is 0.505. The summed E-state index contributed by atoms with van der Waals surface area (Å²) < 4.78 is 27.6. The van der Waals surface area contributed by atoms with Gasteiger partial charge in [0.25, 0.3) is 17.6 Å². The number of hydrogen-bond donors (Lipinski definition) is 2. The number of ketones is 1. The Hall–Kier alpha value is -2.74. The number of Topliss-reactive ketones (excluding diaryl/α,β-unsaturated/α-hetero) is 1. The highest BCUT2D eigenvalue weighted by Crippen LogP contribution is 2.23. The average molecular weight is 342 g/mol. The molecule has 120 valence electrons. The minimum Gasteiger partial charge on any atom is -0.363 e. The number of anilines is 1. The molecule has 2 rings (SSSR count). The topological polar surface area (TPSA) is 94.2 Å². The molecule has 2 aromatic rings. The van der Waals surface area contributed by atoms with Crippen LogP contribution in [0.15, 0.2) is 24.4 Å². The van der Waals surface area contributed by atoms with Crippen LogP contribution in [-0.4, -0.2) is 22.2 Å². The fourth-order valence-corrected chi connectivity index (χ4v) is 2.09. The fourth-order valence-electron chi connectivity index (χ4n) is 1.88. The van der Waals surface area contributed by atoms with Crippen molar-refractivity contribution in [2.45, 2.75) is 0 Å². The van der Waals surface area contributed by atoms with E-state index in [1.807, 2.05) is 0 Å². The Labute approximate surface area is 133 Å². The van der Waals surface area contributed by atoms with Gasteiger partial charge >= 0.3 is 0 Å². The first-order valence-electron chi connectivity index (χ1n) is 6.17. The number of nitrogens with zero attached hydrogens (tertiary/aromatic N) is 1. The zero-order chi connectivity index (χ0) is 17.3. The molecule has 1 aromatic carbocycles. The summed E-state index contributed by atoms with van der Waals surface area (Å²) >= 11 is 5.49. The highest BCUT2D eigenvalue weighted by Gasteiger charge is 2.19. The van der Waals surface area contributed by atoms with Crippen LogP contribution < -0.4 is 11.1 Å². The van der Waals surface area contributed by atoms with Crippen molar-refractivity contribution in [2.24, 2.45) is 12.8 Å². The Morgan fingerprint density at radius 3 is 2.43 bits per heavy atom. The zero-order valence-electron chi connectivity index (χ0n) is 11.7. The van der Waals surface area contributed by atoms with E-state index in [1.54, 1.807) is 0 Å². The lowest BCUT2D eigenvalue weighted by molar-refractivity contribution is -0.114. The third-order valence-corrected chi connectivity index (χ3v) is 3.24. The molecule has 3 N–H and O–H groups in total. The predicted octanol–water partition coefficient (Wildman–Crippen LogP) is 1.88. The molecule has 9 heteroatoms. The van der Waals surface area contributed by atoms with Gasteiger partial charge < -0.3 is 15.6 Å². The number of carbonyl (C=O) groups is 3. The summed E-state index contributed by atoms with van der Waals surface area (Å²) in [5.41, 5.74) is 4.77. The van der Waals surface area contributed by atoms with Crippen LogP contribution in [0.4, 0.5) is 14.5 Å². The molecule has 0 aliphatic rings. The molecule has 0 bridgehead atoms. The summed E-state index contributed by atoms with van der Waals surface area (Å²) in [6, 6.07) is 2.96. The molecule has 0 atom stereocenters. The maximum Gasteiger partial charge on any atom is 0.289 e. The Bertz CT molecular complexity index is 810. The SMILES string of the molecule is Cn1cc(C(=O)C(N)=O)cc1C(=O)Nc1cc(F)c(F)c(Cl)c1. The van der Waals surface area contributed by atoms with Crippen molar-refractivity contribution in [3.05, 3.63) is 52.3 Å². The van der Waals surface area contributed by atoms with E-state index in [0.29, 0.717) is 0 Å². The van der Waals surface area contributed by atoms with Gasteiger partial charge in [0, 0.05) is 30.6 Å². The van der Waals surface area contributed by atoms with E-state index >= 15 is 0 Å². The van der Waals surface area contributed by atoms with Gasteiger partial charge in [-0.3, -0.25) is 14.4 Å². The number of halogens is 3. The summed E-state index contributed by atoms with van der Waals surface area (Å²) in [5, 5.41) is 1.82. The van der Waals surface area contributed by atoms with E-state index in [9.17, 15) is 23.2 Å². The van der Waals surface area contributed by atoms with Gasteiger partial charge in [0.2, 0.25) is 0 Å². The number of hydrogen-bond acceptors (Lipinski definition) is 3. The first-order chi connectivity index (χ1) is 10.7. The molecule has 0 saturated carbocycles. The van der Waals surface area contributed by atoms with Crippen LogP contribution in [0.25, 0.3) is 0 Å². The van der Waals surface area contributed by atoms with E-state index < -0.39 is 34.3 Å². The maximum atomic E-state index is 13.3. The molecule has 0 radical (unpaired) electrons. The van der Waals surface area contributed by atoms with Crippen molar-refractivity contribution in [2.75, 3.05) is 5.32 Å². The van der Waals surface area contributed by atoms with Crippen LogP contribution in [-0.2, 0) is 11.8 Å². The Balaban J connectivity index is 2.28. The summed E-state index contributed by atoms with van der Waals surface area (Å²) in [6.07, 6.45) is 1.25. The molecule has 2 amide bonds. The molecular formula is C14H10ClF2N3O3. The Morgan fingerprint density at radius 1 is 1.22 bits per heavy atom. The number of nitrogens with two attached hydrogens (primary N) is 1. The third kappa shape index (κ3) is 3.37. The predicted molar refractivity (Wildman–Crippen MR) is 78.3 cm³/mol. The van der Waals surface area contributed by atoms with Crippen LogP contribution in [0.5, 0.6) is 0 Å². The molecule has 0 aliphatic heterocycles. The lowest BCUT2D eigenvalue weighted by atomic mass is 10.2. The summed E-state index contributed by atoms with van der Waals surface area (Å²) in [6.45, 7) is 0. The van der Waals surface area contributed by atoms with Gasteiger partial charge in [-0.15, -0.1) is 0 Å². The second-order valence-corrected chi connectivity index (χ2v) is 5.03. The second-order valence-electron chi connectivity index (χ2n) is 4.63. The number of amides is 2. The molecule has 1 aromatic heterocycles. The van der Waals surface area contributed by atoms with Crippen LogP contribution >= 0.6 is 11.6 Å². The lowest BCUT2D eigenvalue weighted by Gasteiger charge is -2.07. The fraction of sp³-hybridized carbons (Fsp3) is 0.0714. The van der Waals surface area contributed by atoms with E-state index in [1.165, 1.54) is 17.8 Å².